The topological polar surface area (TPSA) is 12.0 Å². The molecule has 80 valence electrons. The molecule has 0 saturated carbocycles. The van der Waals surface area contributed by atoms with Crippen LogP contribution in [0.1, 0.15) is 16.9 Å². The zero-order valence-electron chi connectivity index (χ0n) is 9.34. The normalized spacial score (nSPS) is 11.1. The molecule has 1 N–H and O–H groups in total. The summed E-state index contributed by atoms with van der Waals surface area (Å²) in [5.74, 6) is 0. The molecule has 0 unspecified atom stereocenters. The summed E-state index contributed by atoms with van der Waals surface area (Å²) >= 11 is 1.89. The fourth-order valence-electron chi connectivity index (χ4n) is 1.83. The predicted octanol–water partition coefficient (Wildman–Crippen LogP) is 3.36. The molecule has 1 aromatic heterocycles. The molecule has 1 nitrogen and oxygen atoms in total. The number of benzene rings is 1. The Morgan fingerprint density at radius 2 is 2.13 bits per heavy atom. The molecule has 0 atom stereocenters. The Kier molecular flexibility index (Phi) is 3.39. The van der Waals surface area contributed by atoms with E-state index in [-0.39, 0.29) is 0 Å². The summed E-state index contributed by atoms with van der Waals surface area (Å²) in [6.07, 6.45) is 2.39. The number of thiophene rings is 1. The first-order chi connectivity index (χ1) is 7.29. The largest absolute Gasteiger partial charge is 0.320 e. The van der Waals surface area contributed by atoms with Crippen LogP contribution >= 0.6 is 11.3 Å². The van der Waals surface area contributed by atoms with Gasteiger partial charge in [-0.1, -0.05) is 12.1 Å². The van der Waals surface area contributed by atoms with Crippen LogP contribution in [-0.2, 0) is 6.42 Å². The molecule has 0 amide bonds. The molecule has 1 heterocycles. The van der Waals surface area contributed by atoms with E-state index in [1.807, 2.05) is 18.4 Å². The molecule has 2 aromatic rings. The number of fused-ring (bicyclic) bond motifs is 1. The molecular weight excluding hydrogens is 202 g/mol. The SMILES string of the molecule is CNCCCc1ccc2cc(C)sc2c1. The molecule has 0 aliphatic heterocycles. The van der Waals surface area contributed by atoms with Gasteiger partial charge in [-0.3, -0.25) is 0 Å². The van der Waals surface area contributed by atoms with Crippen LogP contribution in [0.15, 0.2) is 24.3 Å². The van der Waals surface area contributed by atoms with Gasteiger partial charge in [-0.25, -0.2) is 0 Å². The Morgan fingerprint density at radius 3 is 2.93 bits per heavy atom. The first-order valence-corrected chi connectivity index (χ1v) is 6.25. The highest BCUT2D eigenvalue weighted by Crippen LogP contribution is 2.26. The third-order valence-corrected chi connectivity index (χ3v) is 3.61. The van der Waals surface area contributed by atoms with Crippen molar-refractivity contribution in [1.29, 1.82) is 0 Å². The van der Waals surface area contributed by atoms with Crippen LogP contribution in [0.2, 0.25) is 0 Å². The lowest BCUT2D eigenvalue weighted by Gasteiger charge is -2.01. The average Bonchev–Trinajstić information content (AvgIpc) is 2.57. The molecule has 0 bridgehead atoms. The number of hydrogen-bond donors (Lipinski definition) is 1. The molecule has 0 aliphatic rings. The van der Waals surface area contributed by atoms with Crippen molar-refractivity contribution in [3.05, 3.63) is 34.7 Å². The van der Waals surface area contributed by atoms with Crippen molar-refractivity contribution in [2.45, 2.75) is 19.8 Å². The number of rotatable bonds is 4. The number of nitrogens with one attached hydrogen (secondary N) is 1. The standard InChI is InChI=1S/C13H17NS/c1-10-8-12-6-5-11(4-3-7-14-2)9-13(12)15-10/h5-6,8-9,14H,3-4,7H2,1-2H3. The first kappa shape index (κ1) is 10.7. The van der Waals surface area contributed by atoms with Gasteiger partial charge in [0.05, 0.1) is 0 Å². The maximum atomic E-state index is 3.18. The Hall–Kier alpha value is -0.860. The molecule has 0 radical (unpaired) electrons. The zero-order valence-corrected chi connectivity index (χ0v) is 10.2. The van der Waals surface area contributed by atoms with Crippen LogP contribution in [0.5, 0.6) is 0 Å². The first-order valence-electron chi connectivity index (χ1n) is 5.43. The Bertz CT molecular complexity index is 445. The molecule has 1 aromatic carbocycles. The molecule has 0 fully saturated rings. The quantitative estimate of drug-likeness (QED) is 0.777. The van der Waals surface area contributed by atoms with Gasteiger partial charge in [0.25, 0.3) is 0 Å². The van der Waals surface area contributed by atoms with E-state index in [4.69, 9.17) is 0 Å². The smallest absolute Gasteiger partial charge is 0.0348 e. The fourth-order valence-corrected chi connectivity index (χ4v) is 2.82. The molecule has 0 aliphatic carbocycles. The average molecular weight is 219 g/mol. The molecular formula is C13H17NS. The van der Waals surface area contributed by atoms with E-state index in [0.29, 0.717) is 0 Å². The van der Waals surface area contributed by atoms with Crippen LogP contribution in [0, 0.1) is 6.92 Å². The second kappa shape index (κ2) is 4.77. The van der Waals surface area contributed by atoms with Gasteiger partial charge in [-0.15, -0.1) is 11.3 Å². The van der Waals surface area contributed by atoms with E-state index in [1.54, 1.807) is 0 Å². The Balaban J connectivity index is 2.15. The van der Waals surface area contributed by atoms with Gasteiger partial charge in [0, 0.05) is 9.58 Å². The molecule has 2 rings (SSSR count). The van der Waals surface area contributed by atoms with Crippen molar-refractivity contribution in [2.24, 2.45) is 0 Å². The monoisotopic (exact) mass is 219 g/mol. The molecule has 2 heteroatoms. The van der Waals surface area contributed by atoms with Gasteiger partial charge < -0.3 is 5.32 Å². The minimum atomic E-state index is 1.10. The Morgan fingerprint density at radius 1 is 1.27 bits per heavy atom. The third kappa shape index (κ3) is 2.58. The van der Waals surface area contributed by atoms with Gasteiger partial charge in [0.2, 0.25) is 0 Å². The maximum absolute atomic E-state index is 3.18. The lowest BCUT2D eigenvalue weighted by molar-refractivity contribution is 0.725. The van der Waals surface area contributed by atoms with Crippen molar-refractivity contribution in [2.75, 3.05) is 13.6 Å². The van der Waals surface area contributed by atoms with Crippen LogP contribution in [0.4, 0.5) is 0 Å². The zero-order chi connectivity index (χ0) is 10.7. The highest BCUT2D eigenvalue weighted by atomic mass is 32.1. The van der Waals surface area contributed by atoms with Crippen LogP contribution in [0.3, 0.4) is 0 Å². The van der Waals surface area contributed by atoms with Crippen LogP contribution in [0.25, 0.3) is 10.1 Å². The summed E-state index contributed by atoms with van der Waals surface area (Å²) in [6.45, 7) is 3.27. The van der Waals surface area contributed by atoms with Crippen LogP contribution in [-0.4, -0.2) is 13.6 Å². The van der Waals surface area contributed by atoms with Crippen LogP contribution < -0.4 is 5.32 Å². The summed E-state index contributed by atoms with van der Waals surface area (Å²) < 4.78 is 1.43. The second-order valence-electron chi connectivity index (χ2n) is 3.94. The third-order valence-electron chi connectivity index (χ3n) is 2.60. The van der Waals surface area contributed by atoms with Crippen molar-refractivity contribution in [3.8, 4) is 0 Å². The van der Waals surface area contributed by atoms with E-state index >= 15 is 0 Å². The predicted molar refractivity (Wildman–Crippen MR) is 68.8 cm³/mol. The molecule has 0 saturated heterocycles. The number of hydrogen-bond acceptors (Lipinski definition) is 2. The fraction of sp³-hybridized carbons (Fsp3) is 0.385. The highest BCUT2D eigenvalue weighted by Gasteiger charge is 1.99. The van der Waals surface area contributed by atoms with Crippen molar-refractivity contribution in [3.63, 3.8) is 0 Å². The second-order valence-corrected chi connectivity index (χ2v) is 5.22. The Labute approximate surface area is 95.1 Å². The van der Waals surface area contributed by atoms with E-state index in [2.05, 4.69) is 36.5 Å². The van der Waals surface area contributed by atoms with E-state index < -0.39 is 0 Å². The number of aryl methyl sites for hydroxylation is 2. The summed E-state index contributed by atoms with van der Waals surface area (Å²) in [6, 6.07) is 9.09. The van der Waals surface area contributed by atoms with Crippen molar-refractivity contribution >= 4 is 21.4 Å². The minimum Gasteiger partial charge on any atom is -0.320 e. The van der Waals surface area contributed by atoms with Gasteiger partial charge in [-0.2, -0.15) is 0 Å². The molecule has 15 heavy (non-hydrogen) atoms. The summed E-state index contributed by atoms with van der Waals surface area (Å²) in [5.41, 5.74) is 1.46. The highest BCUT2D eigenvalue weighted by molar-refractivity contribution is 7.19. The summed E-state index contributed by atoms with van der Waals surface area (Å²) in [4.78, 5) is 1.40. The van der Waals surface area contributed by atoms with E-state index in [1.165, 1.54) is 33.4 Å². The van der Waals surface area contributed by atoms with Gasteiger partial charge >= 0.3 is 0 Å². The lowest BCUT2D eigenvalue weighted by atomic mass is 10.1. The van der Waals surface area contributed by atoms with E-state index in [0.717, 1.165) is 6.54 Å². The maximum Gasteiger partial charge on any atom is 0.0348 e. The lowest BCUT2D eigenvalue weighted by Crippen LogP contribution is -2.08. The molecule has 0 spiro atoms. The summed E-state index contributed by atoms with van der Waals surface area (Å²) in [5, 5.41) is 4.57. The van der Waals surface area contributed by atoms with Gasteiger partial charge in [-0.05, 0) is 56.4 Å². The van der Waals surface area contributed by atoms with E-state index in [9.17, 15) is 0 Å². The summed E-state index contributed by atoms with van der Waals surface area (Å²) in [7, 11) is 2.01. The van der Waals surface area contributed by atoms with Gasteiger partial charge in [0.15, 0.2) is 0 Å². The van der Waals surface area contributed by atoms with Crippen molar-refractivity contribution < 1.29 is 0 Å². The van der Waals surface area contributed by atoms with Gasteiger partial charge in [0.1, 0.15) is 0 Å². The minimum absolute atomic E-state index is 1.10. The van der Waals surface area contributed by atoms with Crippen molar-refractivity contribution in [1.82, 2.24) is 5.32 Å².